The summed E-state index contributed by atoms with van der Waals surface area (Å²) in [5, 5.41) is 4.55. The molecular formula is C16H14FN3O2S. The van der Waals surface area contributed by atoms with E-state index in [1.807, 2.05) is 11.4 Å². The first kappa shape index (κ1) is 15.4. The van der Waals surface area contributed by atoms with Crippen molar-refractivity contribution in [2.24, 2.45) is 0 Å². The maximum absolute atomic E-state index is 13.6. The van der Waals surface area contributed by atoms with Crippen molar-refractivity contribution in [2.75, 3.05) is 0 Å². The molecular weight excluding hydrogens is 317 g/mol. The number of hydrogen-bond donors (Lipinski definition) is 2. The Hall–Kier alpha value is -2.54. The Bertz CT molecular complexity index is 857. The molecule has 0 bridgehead atoms. The van der Waals surface area contributed by atoms with Crippen LogP contribution in [-0.2, 0) is 0 Å². The highest BCUT2D eigenvalue weighted by Crippen LogP contribution is 2.18. The lowest BCUT2D eigenvalue weighted by Gasteiger charge is -2.13. The van der Waals surface area contributed by atoms with Crippen LogP contribution in [0.5, 0.6) is 0 Å². The average Bonchev–Trinajstić information content (AvgIpc) is 3.17. The van der Waals surface area contributed by atoms with E-state index < -0.39 is 11.7 Å². The molecule has 0 saturated heterocycles. The van der Waals surface area contributed by atoms with E-state index in [1.54, 1.807) is 13.0 Å². The van der Waals surface area contributed by atoms with Crippen molar-refractivity contribution in [3.63, 3.8) is 0 Å². The van der Waals surface area contributed by atoms with Crippen LogP contribution in [0, 0.1) is 5.82 Å². The van der Waals surface area contributed by atoms with Gasteiger partial charge in [-0.3, -0.25) is 9.59 Å². The molecule has 0 aliphatic rings. The molecule has 0 radical (unpaired) electrons. The number of carbonyl (C=O) groups is 2. The number of H-pyrrole nitrogens is 1. The zero-order valence-corrected chi connectivity index (χ0v) is 13.1. The second-order valence-corrected chi connectivity index (χ2v) is 6.18. The van der Waals surface area contributed by atoms with E-state index in [4.69, 9.17) is 0 Å². The van der Waals surface area contributed by atoms with E-state index in [0.29, 0.717) is 15.9 Å². The lowest BCUT2D eigenvalue weighted by atomic mass is 10.1. The number of hydrogen-bond acceptors (Lipinski definition) is 4. The Labute approximate surface area is 135 Å². The van der Waals surface area contributed by atoms with Gasteiger partial charge in [0.1, 0.15) is 11.3 Å². The van der Waals surface area contributed by atoms with Crippen molar-refractivity contribution in [1.82, 2.24) is 15.3 Å². The fourth-order valence-electron chi connectivity index (χ4n) is 2.36. The summed E-state index contributed by atoms with van der Waals surface area (Å²) in [4.78, 5) is 31.9. The van der Waals surface area contributed by atoms with E-state index in [1.165, 1.54) is 23.7 Å². The van der Waals surface area contributed by atoms with Gasteiger partial charge in [-0.1, -0.05) is 6.07 Å². The molecule has 0 aliphatic heterocycles. The number of nitrogens with one attached hydrogen (secondary N) is 2. The molecule has 1 unspecified atom stereocenters. The van der Waals surface area contributed by atoms with Crippen molar-refractivity contribution in [3.05, 3.63) is 52.2 Å². The van der Waals surface area contributed by atoms with Gasteiger partial charge in [0.05, 0.1) is 22.3 Å². The van der Waals surface area contributed by atoms with Crippen molar-refractivity contribution in [1.29, 1.82) is 0 Å². The van der Waals surface area contributed by atoms with Crippen LogP contribution in [0.4, 0.5) is 4.39 Å². The van der Waals surface area contributed by atoms with Crippen LogP contribution in [-0.4, -0.2) is 27.7 Å². The van der Waals surface area contributed by atoms with E-state index in [9.17, 15) is 14.0 Å². The number of Topliss-reactive ketones (excluding diaryl/α,β-unsaturated/α-hetero) is 1. The zero-order valence-electron chi connectivity index (χ0n) is 12.3. The number of aromatic nitrogens is 2. The van der Waals surface area contributed by atoms with Gasteiger partial charge >= 0.3 is 0 Å². The molecule has 7 heteroatoms. The minimum absolute atomic E-state index is 0.0306. The minimum Gasteiger partial charge on any atom is -0.349 e. The summed E-state index contributed by atoms with van der Waals surface area (Å²) >= 11 is 1.37. The van der Waals surface area contributed by atoms with Crippen molar-refractivity contribution < 1.29 is 14.0 Å². The fourth-order valence-corrected chi connectivity index (χ4v) is 3.03. The predicted molar refractivity (Wildman–Crippen MR) is 86.2 cm³/mol. The smallest absolute Gasteiger partial charge is 0.253 e. The van der Waals surface area contributed by atoms with Gasteiger partial charge in [0, 0.05) is 12.5 Å². The molecule has 0 saturated carbocycles. The summed E-state index contributed by atoms with van der Waals surface area (Å²) in [5.41, 5.74) is 1.01. The maximum Gasteiger partial charge on any atom is 0.253 e. The predicted octanol–water partition coefficient (Wildman–Crippen LogP) is 3.15. The first-order valence-corrected chi connectivity index (χ1v) is 7.93. The number of nitrogens with zero attached hydrogens (tertiary/aromatic N) is 1. The largest absolute Gasteiger partial charge is 0.349 e. The Morgan fingerprint density at radius 2 is 2.26 bits per heavy atom. The van der Waals surface area contributed by atoms with Gasteiger partial charge in [0.2, 0.25) is 0 Å². The SMILES string of the molecule is CC(CC(=O)c1cccs1)NC(=O)c1cc(F)cc2[nH]cnc12. The summed E-state index contributed by atoms with van der Waals surface area (Å²) < 4.78 is 13.6. The topological polar surface area (TPSA) is 74.8 Å². The second-order valence-electron chi connectivity index (χ2n) is 5.23. The van der Waals surface area contributed by atoms with Crippen LogP contribution in [0.3, 0.4) is 0 Å². The average molecular weight is 331 g/mol. The number of aromatic amines is 1. The molecule has 1 amide bonds. The number of thiophene rings is 1. The third kappa shape index (κ3) is 3.29. The number of imidazole rings is 1. The van der Waals surface area contributed by atoms with Crippen LogP contribution >= 0.6 is 11.3 Å². The monoisotopic (exact) mass is 331 g/mol. The number of benzene rings is 1. The number of ketones is 1. The van der Waals surface area contributed by atoms with Crippen molar-refractivity contribution >= 4 is 34.1 Å². The van der Waals surface area contributed by atoms with Gasteiger partial charge in [0.15, 0.2) is 5.78 Å². The highest BCUT2D eigenvalue weighted by atomic mass is 32.1. The third-order valence-electron chi connectivity index (χ3n) is 3.40. The number of halogens is 1. The van der Waals surface area contributed by atoms with Crippen LogP contribution in [0.2, 0.25) is 0 Å². The summed E-state index contributed by atoms with van der Waals surface area (Å²) in [6.45, 7) is 1.74. The van der Waals surface area contributed by atoms with Crippen LogP contribution in [0.15, 0.2) is 36.0 Å². The standard InChI is InChI=1S/C16H14FN3O2S/c1-9(5-13(21)14-3-2-4-23-14)20-16(22)11-6-10(17)7-12-15(11)19-8-18-12/h2-4,6-9H,5H2,1H3,(H,18,19)(H,20,22). The third-order valence-corrected chi connectivity index (χ3v) is 4.31. The van der Waals surface area contributed by atoms with Gasteiger partial charge in [-0.25, -0.2) is 9.37 Å². The van der Waals surface area contributed by atoms with E-state index >= 15 is 0 Å². The van der Waals surface area contributed by atoms with Crippen LogP contribution in [0.1, 0.15) is 33.4 Å². The molecule has 23 heavy (non-hydrogen) atoms. The van der Waals surface area contributed by atoms with E-state index in [2.05, 4.69) is 15.3 Å². The summed E-state index contributed by atoms with van der Waals surface area (Å²) in [5.74, 6) is -1.00. The van der Waals surface area contributed by atoms with Gasteiger partial charge in [-0.05, 0) is 30.5 Å². The molecule has 3 rings (SSSR count). The van der Waals surface area contributed by atoms with E-state index in [-0.39, 0.29) is 23.8 Å². The number of fused-ring (bicyclic) bond motifs is 1. The fraction of sp³-hybridized carbons (Fsp3) is 0.188. The molecule has 5 nitrogen and oxygen atoms in total. The quantitative estimate of drug-likeness (QED) is 0.705. The summed E-state index contributed by atoms with van der Waals surface area (Å²) in [6, 6.07) is 5.62. The molecule has 0 aliphatic carbocycles. The van der Waals surface area contributed by atoms with Crippen LogP contribution in [0.25, 0.3) is 11.0 Å². The number of amides is 1. The highest BCUT2D eigenvalue weighted by Gasteiger charge is 2.18. The van der Waals surface area contributed by atoms with Crippen molar-refractivity contribution in [2.45, 2.75) is 19.4 Å². The molecule has 0 spiro atoms. The van der Waals surface area contributed by atoms with Gasteiger partial charge < -0.3 is 10.3 Å². The lowest BCUT2D eigenvalue weighted by Crippen LogP contribution is -2.34. The molecule has 2 N–H and O–H groups in total. The van der Waals surface area contributed by atoms with E-state index in [0.717, 1.165) is 6.07 Å². The molecule has 1 aromatic carbocycles. The maximum atomic E-state index is 13.6. The molecule has 0 fully saturated rings. The Morgan fingerprint density at radius 3 is 3.00 bits per heavy atom. The molecule has 118 valence electrons. The molecule has 2 heterocycles. The molecule has 2 aromatic heterocycles. The molecule has 1 atom stereocenters. The zero-order chi connectivity index (χ0) is 16.4. The first-order valence-electron chi connectivity index (χ1n) is 7.05. The van der Waals surface area contributed by atoms with Gasteiger partial charge in [-0.15, -0.1) is 11.3 Å². The van der Waals surface area contributed by atoms with Gasteiger partial charge in [0.25, 0.3) is 5.91 Å². The lowest BCUT2D eigenvalue weighted by molar-refractivity contribution is 0.0920. The van der Waals surface area contributed by atoms with Gasteiger partial charge in [-0.2, -0.15) is 0 Å². The van der Waals surface area contributed by atoms with Crippen LogP contribution < -0.4 is 5.32 Å². The second kappa shape index (κ2) is 6.29. The number of rotatable bonds is 5. The Kier molecular flexibility index (Phi) is 4.20. The highest BCUT2D eigenvalue weighted by molar-refractivity contribution is 7.12. The summed E-state index contributed by atoms with van der Waals surface area (Å²) in [7, 11) is 0. The Balaban J connectivity index is 1.73. The minimum atomic E-state index is -0.519. The first-order chi connectivity index (χ1) is 11.0. The number of carbonyl (C=O) groups excluding carboxylic acids is 2. The summed E-state index contributed by atoms with van der Waals surface area (Å²) in [6.07, 6.45) is 1.59. The van der Waals surface area contributed by atoms with Crippen molar-refractivity contribution in [3.8, 4) is 0 Å². The molecule has 3 aromatic rings. The Morgan fingerprint density at radius 1 is 1.43 bits per heavy atom. The normalized spacial score (nSPS) is 12.3.